The van der Waals surface area contributed by atoms with Gasteiger partial charge < -0.3 is 13.7 Å². The third-order valence-corrected chi connectivity index (χ3v) is 10.1. The summed E-state index contributed by atoms with van der Waals surface area (Å²) in [6.45, 7) is 0. The van der Waals surface area contributed by atoms with Crippen molar-refractivity contribution in [3.63, 3.8) is 0 Å². The lowest BCUT2D eigenvalue weighted by molar-refractivity contribution is 0.620. The zero-order valence-corrected chi connectivity index (χ0v) is 29.2. The van der Waals surface area contributed by atoms with Crippen molar-refractivity contribution >= 4 is 71.6 Å². The second kappa shape index (κ2) is 12.6. The largest absolute Gasteiger partial charge is 0.436 e. The molecule has 0 saturated heterocycles. The quantitative estimate of drug-likeness (QED) is 0.161. The van der Waals surface area contributed by atoms with Crippen LogP contribution in [0.4, 0.5) is 17.1 Å². The van der Waals surface area contributed by atoms with E-state index >= 15 is 0 Å². The minimum absolute atomic E-state index is 0.00898. The highest BCUT2D eigenvalue weighted by Crippen LogP contribution is 2.41. The molecule has 11 rings (SSSR count). The van der Waals surface area contributed by atoms with E-state index in [0.29, 0.717) is 56.6 Å². The van der Waals surface area contributed by atoms with Gasteiger partial charge in [-0.25, -0.2) is 9.97 Å². The Labute approximate surface area is 322 Å². The summed E-state index contributed by atoms with van der Waals surface area (Å²) < 4.78 is 50.9. The number of hydrogen-bond acceptors (Lipinski definition) is 5. The van der Waals surface area contributed by atoms with Crippen molar-refractivity contribution in [2.75, 3.05) is 4.90 Å². The summed E-state index contributed by atoms with van der Waals surface area (Å²) in [5, 5.41) is 4.58. The molecule has 0 unspecified atom stereocenters. The summed E-state index contributed by atoms with van der Waals surface area (Å²) in [6, 6.07) is 52.4. The molecule has 2 aromatic heterocycles. The fourth-order valence-electron chi connectivity index (χ4n) is 7.45. The average Bonchev–Trinajstić information content (AvgIpc) is 3.91. The van der Waals surface area contributed by atoms with E-state index in [1.165, 1.54) is 0 Å². The third kappa shape index (κ3) is 5.41. The third-order valence-electron chi connectivity index (χ3n) is 10.1. The van der Waals surface area contributed by atoms with E-state index in [-0.39, 0.29) is 34.9 Å². The topological polar surface area (TPSA) is 55.3 Å². The number of aromatic nitrogens is 2. The smallest absolute Gasteiger partial charge is 0.227 e. The summed E-state index contributed by atoms with van der Waals surface area (Å²) >= 11 is 0. The molecule has 0 bridgehead atoms. The van der Waals surface area contributed by atoms with Gasteiger partial charge in [-0.1, -0.05) is 109 Å². The summed E-state index contributed by atoms with van der Waals surface area (Å²) in [6.07, 6.45) is 0. The van der Waals surface area contributed by atoms with Gasteiger partial charge in [-0.15, -0.1) is 0 Å². The molecule has 0 aliphatic heterocycles. The zero-order chi connectivity index (χ0) is 39.8. The molecule has 0 N–H and O–H groups in total. The Morgan fingerprint density at radius 2 is 1.02 bits per heavy atom. The predicted molar refractivity (Wildman–Crippen MR) is 225 cm³/mol. The number of oxazole rings is 2. The van der Waals surface area contributed by atoms with Crippen LogP contribution in [0.5, 0.6) is 0 Å². The Balaban J connectivity index is 1.12. The molecule has 2 heterocycles. The van der Waals surface area contributed by atoms with Crippen molar-refractivity contribution in [3.05, 3.63) is 188 Å². The fourth-order valence-corrected chi connectivity index (χ4v) is 7.45. The Hall–Kier alpha value is -7.50. The highest BCUT2D eigenvalue weighted by atomic mass is 16.4. The van der Waals surface area contributed by atoms with E-state index in [1.54, 1.807) is 12.1 Å². The van der Waals surface area contributed by atoms with Crippen molar-refractivity contribution < 1.29 is 14.3 Å². The summed E-state index contributed by atoms with van der Waals surface area (Å²) in [4.78, 5) is 11.3. The molecule has 0 aliphatic carbocycles. The lowest BCUT2D eigenvalue weighted by Crippen LogP contribution is -2.09. The van der Waals surface area contributed by atoms with Gasteiger partial charge in [0.05, 0.1) is 5.48 Å². The van der Waals surface area contributed by atoms with Crippen molar-refractivity contribution in [2.24, 2.45) is 0 Å². The van der Waals surface area contributed by atoms with Crippen LogP contribution >= 0.6 is 0 Å². The molecule has 55 heavy (non-hydrogen) atoms. The molecular weight excluding hydrogens is 675 g/mol. The molecule has 0 atom stereocenters. The highest BCUT2D eigenvalue weighted by Gasteiger charge is 2.19. The minimum Gasteiger partial charge on any atom is -0.436 e. The highest BCUT2D eigenvalue weighted by molar-refractivity contribution is 6.14. The first-order chi connectivity index (χ1) is 28.9. The molecule has 0 aliphatic rings. The number of rotatable bonds is 6. The molecule has 5 nitrogen and oxygen atoms in total. The molecule has 0 spiro atoms. The van der Waals surface area contributed by atoms with Crippen molar-refractivity contribution in [3.8, 4) is 34.0 Å². The molecule has 0 amide bonds. The summed E-state index contributed by atoms with van der Waals surface area (Å²) in [7, 11) is 0. The summed E-state index contributed by atoms with van der Waals surface area (Å²) in [5.74, 6) is 0.968. The van der Waals surface area contributed by atoms with Crippen LogP contribution in [0.1, 0.15) is 5.48 Å². The van der Waals surface area contributed by atoms with Crippen LogP contribution in [-0.4, -0.2) is 9.97 Å². The molecule has 5 heteroatoms. The lowest BCUT2D eigenvalue weighted by atomic mass is 9.92. The van der Waals surface area contributed by atoms with Gasteiger partial charge >= 0.3 is 0 Å². The van der Waals surface area contributed by atoms with Crippen LogP contribution in [0.15, 0.2) is 197 Å². The van der Waals surface area contributed by atoms with Gasteiger partial charge in [0.25, 0.3) is 0 Å². The summed E-state index contributed by atoms with van der Waals surface area (Å²) in [5.41, 5.74) is 7.08. The van der Waals surface area contributed by atoms with E-state index in [2.05, 4.69) is 24.3 Å². The van der Waals surface area contributed by atoms with Crippen LogP contribution < -0.4 is 4.90 Å². The van der Waals surface area contributed by atoms with Crippen LogP contribution in [0.3, 0.4) is 0 Å². The molecule has 0 radical (unpaired) electrons. The Kier molecular flexibility index (Phi) is 6.21. The second-order valence-corrected chi connectivity index (χ2v) is 13.5. The van der Waals surface area contributed by atoms with Crippen LogP contribution in [0.25, 0.3) is 88.6 Å². The number of hydrogen-bond donors (Lipinski definition) is 0. The monoisotopic (exact) mass is 709 g/mol. The standard InChI is InChI=1S/C50H31N3O2/c1-3-11-34(12-4-1)49-51-44-26-24-40(30-46(44)54-49)53(41-25-27-45-47(31-41)55-50(52-45)35-13-5-2-6-14-35)39-23-22-36-28-38(21-20-37(36)29-39)43-17-9-15-33-19-18-32-10-7-8-16-42(32)48(33)43/h1-31H/i20D,22D,28D,29D. The van der Waals surface area contributed by atoms with Gasteiger partial charge in [0.15, 0.2) is 11.2 Å². The predicted octanol–water partition coefficient (Wildman–Crippen LogP) is 13.9. The molecule has 0 fully saturated rings. The normalized spacial score (nSPS) is 12.7. The first kappa shape index (κ1) is 27.2. The van der Waals surface area contributed by atoms with Crippen LogP contribution in [-0.2, 0) is 0 Å². The number of nitrogens with zero attached hydrogens (tertiary/aromatic N) is 3. The maximum atomic E-state index is 9.78. The average molecular weight is 710 g/mol. The Morgan fingerprint density at radius 1 is 0.436 bits per heavy atom. The Morgan fingerprint density at radius 3 is 1.71 bits per heavy atom. The van der Waals surface area contributed by atoms with E-state index in [9.17, 15) is 5.48 Å². The molecule has 0 saturated carbocycles. The minimum atomic E-state index is 0.00898. The molecule has 9 aromatic carbocycles. The van der Waals surface area contributed by atoms with Gasteiger partial charge in [-0.3, -0.25) is 0 Å². The van der Waals surface area contributed by atoms with Crippen LogP contribution in [0, 0.1) is 0 Å². The maximum Gasteiger partial charge on any atom is 0.227 e. The number of benzene rings is 9. The SMILES string of the molecule is [2H]c1cc(N(c2ccc3nc(-c4ccccc4)oc3c2)c2ccc3nc(-c4ccccc4)oc3c2)c([2H])c2c([2H])cc(-c3cccc4ccc5ccccc5c34)c([2H])c12. The van der Waals surface area contributed by atoms with Gasteiger partial charge in [-0.2, -0.15) is 0 Å². The van der Waals surface area contributed by atoms with E-state index in [0.717, 1.165) is 38.2 Å². The lowest BCUT2D eigenvalue weighted by Gasteiger charge is -2.25. The molecule has 258 valence electrons. The molecule has 11 aromatic rings. The molecular formula is C50H31N3O2. The van der Waals surface area contributed by atoms with Gasteiger partial charge in [0, 0.05) is 40.3 Å². The van der Waals surface area contributed by atoms with E-state index in [4.69, 9.17) is 18.8 Å². The maximum absolute atomic E-state index is 9.78. The van der Waals surface area contributed by atoms with Crippen molar-refractivity contribution in [2.45, 2.75) is 0 Å². The first-order valence-corrected chi connectivity index (χ1v) is 18.1. The fraction of sp³-hybridized carbons (Fsp3) is 0. The first-order valence-electron chi connectivity index (χ1n) is 20.1. The van der Waals surface area contributed by atoms with E-state index in [1.807, 2.05) is 132 Å². The number of fused-ring (bicyclic) bond motifs is 6. The van der Waals surface area contributed by atoms with Gasteiger partial charge in [0.2, 0.25) is 11.8 Å². The van der Waals surface area contributed by atoms with Gasteiger partial charge in [0.1, 0.15) is 11.0 Å². The van der Waals surface area contributed by atoms with E-state index < -0.39 is 0 Å². The van der Waals surface area contributed by atoms with Gasteiger partial charge in [-0.05, 0) is 110 Å². The Bertz CT molecular complexity index is 3340. The second-order valence-electron chi connectivity index (χ2n) is 13.5. The van der Waals surface area contributed by atoms with Crippen molar-refractivity contribution in [1.82, 2.24) is 9.97 Å². The number of anilines is 3. The van der Waals surface area contributed by atoms with Crippen LogP contribution in [0.2, 0.25) is 0 Å². The van der Waals surface area contributed by atoms with Crippen molar-refractivity contribution in [1.29, 1.82) is 0 Å². The zero-order valence-electron chi connectivity index (χ0n) is 33.2.